The van der Waals surface area contributed by atoms with E-state index in [0.29, 0.717) is 44.3 Å². The van der Waals surface area contributed by atoms with Gasteiger partial charge in [-0.25, -0.2) is 13.4 Å². The van der Waals surface area contributed by atoms with E-state index in [0.717, 1.165) is 31.2 Å². The van der Waals surface area contributed by atoms with E-state index in [9.17, 15) is 13.2 Å². The highest BCUT2D eigenvalue weighted by Gasteiger charge is 2.25. The van der Waals surface area contributed by atoms with Crippen LogP contribution in [0.25, 0.3) is 0 Å². The highest BCUT2D eigenvalue weighted by atomic mass is 32.2. The number of aromatic nitrogens is 1. The number of hydrogen-bond donors (Lipinski definition) is 1. The highest BCUT2D eigenvalue weighted by Crippen LogP contribution is 2.20. The fraction of sp³-hybridized carbons (Fsp3) is 0.455. The van der Waals surface area contributed by atoms with Crippen molar-refractivity contribution < 1.29 is 22.7 Å². The smallest absolute Gasteiger partial charge is 0.251 e. The normalized spacial score (nSPS) is 15.3. The molecule has 1 aliphatic rings. The van der Waals surface area contributed by atoms with E-state index in [1.807, 2.05) is 6.07 Å². The molecule has 168 valence electrons. The molecule has 0 saturated carbocycles. The van der Waals surface area contributed by atoms with Crippen molar-refractivity contribution in [2.24, 2.45) is 0 Å². The van der Waals surface area contributed by atoms with Gasteiger partial charge in [0, 0.05) is 44.6 Å². The van der Waals surface area contributed by atoms with E-state index in [4.69, 9.17) is 9.47 Å². The van der Waals surface area contributed by atoms with Crippen LogP contribution in [0.2, 0.25) is 0 Å². The van der Waals surface area contributed by atoms with Crippen molar-refractivity contribution in [1.29, 1.82) is 0 Å². The van der Waals surface area contributed by atoms with Gasteiger partial charge < -0.3 is 14.8 Å². The number of hydrogen-bond acceptors (Lipinski definition) is 6. The van der Waals surface area contributed by atoms with Crippen LogP contribution in [-0.2, 0) is 21.3 Å². The van der Waals surface area contributed by atoms with Gasteiger partial charge in [0.05, 0.1) is 11.5 Å². The molecule has 1 fully saturated rings. The lowest BCUT2D eigenvalue weighted by molar-refractivity contribution is 0.0950. The number of ether oxygens (including phenoxy) is 2. The van der Waals surface area contributed by atoms with Crippen molar-refractivity contribution in [3.8, 4) is 5.88 Å². The SMILES string of the molecule is COCCOc1ccc(CNC(=O)c2ccc(S(=O)(=O)N3CCCCCC3)cc2)cn1. The van der Waals surface area contributed by atoms with E-state index in [-0.39, 0.29) is 10.8 Å². The Morgan fingerprint density at radius 3 is 2.35 bits per heavy atom. The third kappa shape index (κ3) is 6.49. The molecule has 1 aromatic heterocycles. The van der Waals surface area contributed by atoms with Gasteiger partial charge in [0.15, 0.2) is 0 Å². The number of carbonyl (C=O) groups is 1. The van der Waals surface area contributed by atoms with E-state index >= 15 is 0 Å². The van der Waals surface area contributed by atoms with Crippen LogP contribution in [0.4, 0.5) is 0 Å². The molecule has 2 heterocycles. The minimum Gasteiger partial charge on any atom is -0.475 e. The number of nitrogens with zero attached hydrogens (tertiary/aromatic N) is 2. The van der Waals surface area contributed by atoms with E-state index < -0.39 is 10.0 Å². The summed E-state index contributed by atoms with van der Waals surface area (Å²) in [4.78, 5) is 16.8. The maximum atomic E-state index is 12.8. The molecule has 1 saturated heterocycles. The van der Waals surface area contributed by atoms with Crippen molar-refractivity contribution in [2.45, 2.75) is 37.1 Å². The Kier molecular flexibility index (Phi) is 8.39. The van der Waals surface area contributed by atoms with E-state index in [1.165, 1.54) is 12.1 Å². The van der Waals surface area contributed by atoms with Gasteiger partial charge in [0.2, 0.25) is 15.9 Å². The number of benzene rings is 1. The summed E-state index contributed by atoms with van der Waals surface area (Å²) in [5, 5.41) is 2.82. The van der Waals surface area contributed by atoms with Gasteiger partial charge in [0.25, 0.3) is 5.91 Å². The maximum absolute atomic E-state index is 12.8. The minimum absolute atomic E-state index is 0.221. The number of pyridine rings is 1. The van der Waals surface area contributed by atoms with Crippen molar-refractivity contribution in [2.75, 3.05) is 33.4 Å². The molecule has 3 rings (SSSR count). The summed E-state index contributed by atoms with van der Waals surface area (Å²) in [5.74, 6) is 0.215. The van der Waals surface area contributed by atoms with Crippen LogP contribution in [0.15, 0.2) is 47.5 Å². The molecular formula is C22H29N3O5S. The molecule has 0 bridgehead atoms. The monoisotopic (exact) mass is 447 g/mol. The number of methoxy groups -OCH3 is 1. The van der Waals surface area contributed by atoms with Crippen LogP contribution in [-0.4, -0.2) is 57.0 Å². The summed E-state index contributed by atoms with van der Waals surface area (Å²) in [7, 11) is -1.92. The van der Waals surface area contributed by atoms with Crippen LogP contribution < -0.4 is 10.1 Å². The summed E-state index contributed by atoms with van der Waals surface area (Å²) in [5.41, 5.74) is 1.23. The molecule has 0 atom stereocenters. The fourth-order valence-corrected chi connectivity index (χ4v) is 4.84. The van der Waals surface area contributed by atoms with Crippen molar-refractivity contribution in [3.63, 3.8) is 0 Å². The lowest BCUT2D eigenvalue weighted by atomic mass is 10.2. The van der Waals surface area contributed by atoms with Crippen LogP contribution in [0, 0.1) is 0 Å². The van der Waals surface area contributed by atoms with Crippen molar-refractivity contribution in [1.82, 2.24) is 14.6 Å². The lowest BCUT2D eigenvalue weighted by Crippen LogP contribution is -2.32. The number of carbonyl (C=O) groups excluding carboxylic acids is 1. The molecule has 1 amide bonds. The van der Waals surface area contributed by atoms with Gasteiger partial charge in [-0.15, -0.1) is 0 Å². The van der Waals surface area contributed by atoms with Gasteiger partial charge in [0.1, 0.15) is 6.61 Å². The van der Waals surface area contributed by atoms with Crippen molar-refractivity contribution in [3.05, 3.63) is 53.7 Å². The quantitative estimate of drug-likeness (QED) is 0.594. The molecule has 0 spiro atoms. The van der Waals surface area contributed by atoms with Crippen LogP contribution in [0.3, 0.4) is 0 Å². The average Bonchev–Trinajstić information content (AvgIpc) is 3.09. The number of rotatable bonds is 9. The molecule has 31 heavy (non-hydrogen) atoms. The van der Waals surface area contributed by atoms with Crippen LogP contribution >= 0.6 is 0 Å². The Balaban J connectivity index is 1.55. The van der Waals surface area contributed by atoms with Gasteiger partial charge in [-0.3, -0.25) is 4.79 Å². The first-order valence-corrected chi connectivity index (χ1v) is 11.9. The van der Waals surface area contributed by atoms with Gasteiger partial charge in [-0.2, -0.15) is 4.31 Å². The molecule has 1 aliphatic heterocycles. The molecule has 2 aromatic rings. The summed E-state index contributed by atoms with van der Waals surface area (Å²) in [6.45, 7) is 2.31. The zero-order valence-corrected chi connectivity index (χ0v) is 18.6. The third-order valence-electron chi connectivity index (χ3n) is 5.11. The molecule has 0 radical (unpaired) electrons. The Hall–Kier alpha value is -2.49. The standard InChI is InChI=1S/C22H29N3O5S/c1-29-14-15-30-21-11-6-18(16-23-21)17-24-22(26)19-7-9-20(10-8-19)31(27,28)25-12-4-2-3-5-13-25/h6-11,16H,2-5,12-15,17H2,1H3,(H,24,26). The zero-order chi connectivity index (χ0) is 22.1. The zero-order valence-electron chi connectivity index (χ0n) is 17.7. The second kappa shape index (κ2) is 11.2. The Morgan fingerprint density at radius 2 is 1.74 bits per heavy atom. The van der Waals surface area contributed by atoms with Gasteiger partial charge in [-0.1, -0.05) is 18.9 Å². The third-order valence-corrected chi connectivity index (χ3v) is 7.02. The first-order valence-electron chi connectivity index (χ1n) is 10.5. The first kappa shape index (κ1) is 23.2. The van der Waals surface area contributed by atoms with E-state index in [1.54, 1.807) is 35.8 Å². The highest BCUT2D eigenvalue weighted by molar-refractivity contribution is 7.89. The number of amides is 1. The average molecular weight is 448 g/mol. The summed E-state index contributed by atoms with van der Waals surface area (Å²) >= 11 is 0. The van der Waals surface area contributed by atoms with Crippen LogP contribution in [0.1, 0.15) is 41.6 Å². The molecule has 0 aliphatic carbocycles. The molecule has 8 nitrogen and oxygen atoms in total. The maximum Gasteiger partial charge on any atom is 0.251 e. The van der Waals surface area contributed by atoms with Crippen molar-refractivity contribution >= 4 is 15.9 Å². The fourth-order valence-electron chi connectivity index (χ4n) is 3.32. The topological polar surface area (TPSA) is 97.8 Å². The van der Waals surface area contributed by atoms with Gasteiger partial charge >= 0.3 is 0 Å². The lowest BCUT2D eigenvalue weighted by Gasteiger charge is -2.20. The Bertz CT molecular complexity index is 938. The summed E-state index contributed by atoms with van der Waals surface area (Å²) in [6.07, 6.45) is 5.53. The number of nitrogens with one attached hydrogen (secondary N) is 1. The minimum atomic E-state index is -3.52. The molecular weight excluding hydrogens is 418 g/mol. The van der Waals surface area contributed by atoms with E-state index in [2.05, 4.69) is 10.3 Å². The largest absolute Gasteiger partial charge is 0.475 e. The molecule has 9 heteroatoms. The molecule has 0 unspecified atom stereocenters. The second-order valence-electron chi connectivity index (χ2n) is 7.37. The Labute approximate surface area is 183 Å². The molecule has 1 aromatic carbocycles. The molecule has 1 N–H and O–H groups in total. The predicted octanol–water partition coefficient (Wildman–Crippen LogP) is 2.60. The number of sulfonamides is 1. The summed E-state index contributed by atoms with van der Waals surface area (Å²) < 4.78 is 37.6. The second-order valence-corrected chi connectivity index (χ2v) is 9.31. The van der Waals surface area contributed by atoms with Crippen LogP contribution in [0.5, 0.6) is 5.88 Å². The predicted molar refractivity (Wildman–Crippen MR) is 116 cm³/mol. The van der Waals surface area contributed by atoms with Gasteiger partial charge in [-0.05, 0) is 42.7 Å². The Morgan fingerprint density at radius 1 is 1.03 bits per heavy atom. The first-order chi connectivity index (χ1) is 15.0. The summed E-state index contributed by atoms with van der Waals surface area (Å²) in [6, 6.07) is 9.66.